The number of rotatable bonds is 11. The second kappa shape index (κ2) is 10.9. The summed E-state index contributed by atoms with van der Waals surface area (Å²) in [6.45, 7) is 7.22. The molecule has 6 nitrogen and oxygen atoms in total. The molecule has 150 valence electrons. The molecule has 0 amide bonds. The fourth-order valence-corrected chi connectivity index (χ4v) is 3.20. The van der Waals surface area contributed by atoms with Gasteiger partial charge in [-0.2, -0.15) is 0 Å². The molecule has 2 rings (SSSR count). The number of nitrogens with zero attached hydrogens (tertiary/aromatic N) is 1. The van der Waals surface area contributed by atoms with E-state index in [1.165, 1.54) is 0 Å². The zero-order chi connectivity index (χ0) is 19.6. The topological polar surface area (TPSA) is 76.1 Å². The summed E-state index contributed by atoms with van der Waals surface area (Å²) in [6, 6.07) is 5.34. The van der Waals surface area contributed by atoms with Crippen LogP contribution in [0.1, 0.15) is 56.3 Å². The van der Waals surface area contributed by atoms with E-state index in [1.807, 2.05) is 13.8 Å². The van der Waals surface area contributed by atoms with Gasteiger partial charge in [-0.15, -0.1) is 0 Å². The zero-order valence-electron chi connectivity index (χ0n) is 16.4. The largest absolute Gasteiger partial charge is 0.490 e. The van der Waals surface area contributed by atoms with Crippen molar-refractivity contribution >= 4 is 11.8 Å². The monoisotopic (exact) mass is 377 g/mol. The van der Waals surface area contributed by atoms with Crippen molar-refractivity contribution in [3.8, 4) is 11.5 Å². The van der Waals surface area contributed by atoms with Gasteiger partial charge < -0.3 is 19.5 Å². The number of Topliss-reactive ketones (excluding diaryl/α,β-unsaturated/α-hetero) is 1. The van der Waals surface area contributed by atoms with Gasteiger partial charge in [0.25, 0.3) is 0 Å². The van der Waals surface area contributed by atoms with Crippen LogP contribution in [0.5, 0.6) is 11.5 Å². The quantitative estimate of drug-likeness (QED) is 0.594. The van der Waals surface area contributed by atoms with Crippen LogP contribution < -0.4 is 9.47 Å². The summed E-state index contributed by atoms with van der Waals surface area (Å²) in [4.78, 5) is 25.9. The lowest BCUT2D eigenvalue weighted by Crippen LogP contribution is -2.39. The molecule has 1 unspecified atom stereocenters. The molecular formula is C21H31NO5. The first-order valence-electron chi connectivity index (χ1n) is 9.93. The molecule has 1 fully saturated rings. The predicted molar refractivity (Wildman–Crippen MR) is 104 cm³/mol. The Morgan fingerprint density at radius 2 is 1.85 bits per heavy atom. The Morgan fingerprint density at radius 1 is 1.15 bits per heavy atom. The number of ether oxygens (including phenoxy) is 2. The second-order valence-electron chi connectivity index (χ2n) is 7.01. The Labute approximate surface area is 161 Å². The molecule has 6 heteroatoms. The lowest BCUT2D eigenvalue weighted by molar-refractivity contribution is -0.143. The number of carbonyl (C=O) groups is 2. The van der Waals surface area contributed by atoms with E-state index >= 15 is 0 Å². The first kappa shape index (κ1) is 21.2. The maximum atomic E-state index is 12.6. The van der Waals surface area contributed by atoms with Crippen molar-refractivity contribution in [2.24, 2.45) is 5.92 Å². The van der Waals surface area contributed by atoms with Crippen molar-refractivity contribution in [3.63, 3.8) is 0 Å². The molecule has 0 aromatic heterocycles. The molecule has 1 aliphatic rings. The summed E-state index contributed by atoms with van der Waals surface area (Å²) in [5.74, 6) is 0.252. The number of piperidine rings is 1. The molecule has 1 aliphatic heterocycles. The number of ketones is 1. The van der Waals surface area contributed by atoms with E-state index in [1.54, 1.807) is 18.2 Å². The molecular weight excluding hydrogens is 346 g/mol. The van der Waals surface area contributed by atoms with Crippen LogP contribution in [0.3, 0.4) is 0 Å². The van der Waals surface area contributed by atoms with E-state index in [-0.39, 0.29) is 11.7 Å². The van der Waals surface area contributed by atoms with E-state index in [9.17, 15) is 14.7 Å². The molecule has 1 aromatic rings. The Balaban J connectivity index is 1.97. The van der Waals surface area contributed by atoms with Crippen molar-refractivity contribution in [3.05, 3.63) is 23.8 Å². The summed E-state index contributed by atoms with van der Waals surface area (Å²) in [5, 5.41) is 9.18. The minimum absolute atomic E-state index is 0.0378. The molecule has 27 heavy (non-hydrogen) atoms. The highest BCUT2D eigenvalue weighted by Crippen LogP contribution is 2.29. The fraction of sp³-hybridized carbons (Fsp3) is 0.619. The molecule has 0 saturated carbocycles. The number of hydrogen-bond donors (Lipinski definition) is 1. The average Bonchev–Trinajstić information content (AvgIpc) is 2.69. The highest BCUT2D eigenvalue weighted by atomic mass is 16.5. The third-order valence-electron chi connectivity index (χ3n) is 4.70. The molecule has 1 aromatic carbocycles. The van der Waals surface area contributed by atoms with Crippen LogP contribution >= 0.6 is 0 Å². The Kier molecular flexibility index (Phi) is 8.58. The predicted octanol–water partition coefficient (Wildman–Crippen LogP) is 3.63. The van der Waals surface area contributed by atoms with Crippen molar-refractivity contribution in [1.29, 1.82) is 0 Å². The van der Waals surface area contributed by atoms with Gasteiger partial charge in [0, 0.05) is 25.1 Å². The van der Waals surface area contributed by atoms with Crippen LogP contribution in [0, 0.1) is 5.92 Å². The highest BCUT2D eigenvalue weighted by Gasteiger charge is 2.25. The number of benzene rings is 1. The lowest BCUT2D eigenvalue weighted by atomic mass is 9.98. The Bertz CT molecular complexity index is 631. The number of likely N-dealkylation sites (tertiary alicyclic amines) is 1. The maximum absolute atomic E-state index is 12.6. The second-order valence-corrected chi connectivity index (χ2v) is 7.01. The third kappa shape index (κ3) is 6.54. The van der Waals surface area contributed by atoms with Gasteiger partial charge in [-0.3, -0.25) is 9.59 Å². The Morgan fingerprint density at radius 3 is 2.52 bits per heavy atom. The summed E-state index contributed by atoms with van der Waals surface area (Å²) >= 11 is 0. The number of carbonyl (C=O) groups excluding carboxylic acids is 1. The van der Waals surface area contributed by atoms with E-state index in [2.05, 4.69) is 4.90 Å². The normalized spacial score (nSPS) is 17.5. The van der Waals surface area contributed by atoms with E-state index < -0.39 is 5.97 Å². The lowest BCUT2D eigenvalue weighted by Gasteiger charge is -2.30. The summed E-state index contributed by atoms with van der Waals surface area (Å²) < 4.78 is 11.5. The van der Waals surface area contributed by atoms with Crippen LogP contribution in [-0.2, 0) is 4.79 Å². The van der Waals surface area contributed by atoms with Gasteiger partial charge in [0.05, 0.1) is 19.1 Å². The maximum Gasteiger partial charge on any atom is 0.307 e. The smallest absolute Gasteiger partial charge is 0.307 e. The third-order valence-corrected chi connectivity index (χ3v) is 4.70. The van der Waals surface area contributed by atoms with Crippen LogP contribution in [0.25, 0.3) is 0 Å². The van der Waals surface area contributed by atoms with Crippen molar-refractivity contribution in [2.75, 3.05) is 32.8 Å². The highest BCUT2D eigenvalue weighted by molar-refractivity contribution is 5.96. The SMILES string of the molecule is CCCOc1ccc(C(=O)CCN2CCCC(C(=O)O)C2)cc1OCCC. The summed E-state index contributed by atoms with van der Waals surface area (Å²) in [6.07, 6.45) is 3.74. The molecule has 0 aliphatic carbocycles. The summed E-state index contributed by atoms with van der Waals surface area (Å²) in [7, 11) is 0. The van der Waals surface area contributed by atoms with Crippen LogP contribution in [0.2, 0.25) is 0 Å². The molecule has 1 heterocycles. The molecule has 0 spiro atoms. The molecule has 1 atom stereocenters. The zero-order valence-corrected chi connectivity index (χ0v) is 16.4. The van der Waals surface area contributed by atoms with Gasteiger partial charge in [-0.05, 0) is 50.4 Å². The molecule has 0 radical (unpaired) electrons. The van der Waals surface area contributed by atoms with Gasteiger partial charge in [0.2, 0.25) is 0 Å². The van der Waals surface area contributed by atoms with Gasteiger partial charge in [0.15, 0.2) is 17.3 Å². The minimum Gasteiger partial charge on any atom is -0.490 e. The van der Waals surface area contributed by atoms with Crippen molar-refractivity contribution in [1.82, 2.24) is 4.90 Å². The number of carboxylic acid groups (broad SMARTS) is 1. The van der Waals surface area contributed by atoms with Crippen LogP contribution in [-0.4, -0.2) is 54.6 Å². The molecule has 0 bridgehead atoms. The number of carboxylic acids is 1. The number of hydrogen-bond acceptors (Lipinski definition) is 5. The van der Waals surface area contributed by atoms with Crippen molar-refractivity contribution in [2.45, 2.75) is 46.0 Å². The van der Waals surface area contributed by atoms with E-state index in [0.29, 0.717) is 49.8 Å². The minimum atomic E-state index is -0.744. The van der Waals surface area contributed by atoms with Crippen molar-refractivity contribution < 1.29 is 24.2 Å². The van der Waals surface area contributed by atoms with Crippen LogP contribution in [0.15, 0.2) is 18.2 Å². The van der Waals surface area contributed by atoms with Gasteiger partial charge in [-0.25, -0.2) is 0 Å². The number of aliphatic carboxylic acids is 1. The first-order valence-corrected chi connectivity index (χ1v) is 9.93. The van der Waals surface area contributed by atoms with Gasteiger partial charge in [0.1, 0.15) is 0 Å². The van der Waals surface area contributed by atoms with Gasteiger partial charge in [-0.1, -0.05) is 13.8 Å². The summed E-state index contributed by atoms with van der Waals surface area (Å²) in [5.41, 5.74) is 0.608. The van der Waals surface area contributed by atoms with E-state index in [0.717, 1.165) is 32.2 Å². The van der Waals surface area contributed by atoms with Gasteiger partial charge >= 0.3 is 5.97 Å². The average molecular weight is 377 g/mol. The fourth-order valence-electron chi connectivity index (χ4n) is 3.20. The Hall–Kier alpha value is -2.08. The molecule has 1 saturated heterocycles. The van der Waals surface area contributed by atoms with E-state index in [4.69, 9.17) is 9.47 Å². The standard InChI is InChI=1S/C21H31NO5/c1-3-12-26-19-8-7-16(14-20(19)27-13-4-2)18(23)9-11-22-10-5-6-17(15-22)21(24)25/h7-8,14,17H,3-6,9-13,15H2,1-2H3,(H,24,25). The van der Waals surface area contributed by atoms with Crippen LogP contribution in [0.4, 0.5) is 0 Å². The first-order chi connectivity index (χ1) is 13.0. The molecule has 1 N–H and O–H groups in total.